The van der Waals surface area contributed by atoms with Gasteiger partial charge in [0.25, 0.3) is 15.9 Å². The lowest BCUT2D eigenvalue weighted by molar-refractivity contribution is -0.673. The summed E-state index contributed by atoms with van der Waals surface area (Å²) in [6, 6.07) is 14.0. The molecule has 1 heterocycles. The molecular weight excluding hydrogens is 548 g/mol. The Balaban J connectivity index is 0.00000300. The Kier molecular flexibility index (Phi) is 7.87. The lowest BCUT2D eigenvalue weighted by Gasteiger charge is -2.13. The van der Waals surface area contributed by atoms with E-state index < -0.39 is 15.9 Å². The molecule has 0 spiro atoms. The number of hydrogen-bond donors (Lipinski definition) is 2. The van der Waals surface area contributed by atoms with E-state index in [9.17, 15) is 13.2 Å². The Morgan fingerprint density at radius 1 is 1.00 bits per heavy atom. The summed E-state index contributed by atoms with van der Waals surface area (Å²) < 4.78 is 29.5. The number of carbonyl (C=O) groups excluding carboxylic acids is 1. The van der Waals surface area contributed by atoms with Crippen LogP contribution in [0.5, 0.6) is 0 Å². The largest absolute Gasteiger partial charge is 1.00 e. The number of hydrogen-bond acceptors (Lipinski definition) is 3. The first-order valence-electron chi connectivity index (χ1n) is 8.09. The molecule has 0 saturated carbocycles. The number of benzene rings is 2. The third kappa shape index (κ3) is 6.05. The first kappa shape index (κ1) is 23.4. The summed E-state index contributed by atoms with van der Waals surface area (Å²) in [5.74, 6) is -0.513. The highest BCUT2D eigenvalue weighted by Gasteiger charge is 2.21. The summed E-state index contributed by atoms with van der Waals surface area (Å²) in [6.07, 6.45) is 3.18. The molecule has 0 unspecified atom stereocenters. The zero-order chi connectivity index (χ0) is 20.3. The van der Waals surface area contributed by atoms with Gasteiger partial charge in [0.15, 0.2) is 17.3 Å². The Labute approximate surface area is 195 Å². The van der Waals surface area contributed by atoms with Crippen molar-refractivity contribution in [1.29, 1.82) is 0 Å². The minimum atomic E-state index is -3.89. The maximum absolute atomic E-state index is 12.7. The number of nitrogens with zero attached hydrogens (tertiary/aromatic N) is 1. The summed E-state index contributed by atoms with van der Waals surface area (Å²) in [7, 11) is -2.18. The fraction of sp³-hybridized carbons (Fsp3) is 0.0526. The smallest absolute Gasteiger partial charge is 0.267 e. The van der Waals surface area contributed by atoms with Crippen LogP contribution in [0.3, 0.4) is 0 Å². The molecule has 0 aliphatic carbocycles. The van der Waals surface area contributed by atoms with Crippen LogP contribution in [0.4, 0.5) is 11.4 Å². The predicted molar refractivity (Wildman–Crippen MR) is 109 cm³/mol. The maximum Gasteiger partial charge on any atom is 0.267 e. The molecule has 0 aliphatic rings. The van der Waals surface area contributed by atoms with Crippen molar-refractivity contribution in [3.63, 3.8) is 0 Å². The van der Waals surface area contributed by atoms with Crippen LogP contribution in [-0.4, -0.2) is 14.3 Å². The standard InChI is InChI=1S/C19H15Cl2N3O3S.HI/c1-24-10-2-3-16(12-24)28(26,27)23-18-9-6-14(21)11-17(18)19(25)22-15-7-4-13(20)5-8-15;/h2-12H,1H3,(H-,22,23,25);1H. The molecule has 29 heavy (non-hydrogen) atoms. The lowest BCUT2D eigenvalue weighted by atomic mass is 10.1. The van der Waals surface area contributed by atoms with E-state index in [1.807, 2.05) is 0 Å². The maximum atomic E-state index is 12.7. The Hall–Kier alpha value is -1.88. The summed E-state index contributed by atoms with van der Waals surface area (Å²) in [6.45, 7) is 0. The van der Waals surface area contributed by atoms with Gasteiger partial charge in [-0.3, -0.25) is 9.52 Å². The van der Waals surface area contributed by atoms with Crippen molar-refractivity contribution in [3.05, 3.63) is 82.6 Å². The lowest BCUT2D eigenvalue weighted by Crippen LogP contribution is -3.00. The second-order valence-corrected chi connectivity index (χ2v) is 8.52. The van der Waals surface area contributed by atoms with Gasteiger partial charge < -0.3 is 29.3 Å². The number of aryl methyl sites for hydroxylation is 1. The van der Waals surface area contributed by atoms with Crippen LogP contribution in [0.25, 0.3) is 0 Å². The normalized spacial score (nSPS) is 10.7. The van der Waals surface area contributed by atoms with Crippen molar-refractivity contribution >= 4 is 50.5 Å². The highest BCUT2D eigenvalue weighted by Crippen LogP contribution is 2.25. The molecule has 0 atom stereocenters. The van der Waals surface area contributed by atoms with Crippen molar-refractivity contribution < 1.29 is 41.8 Å². The quantitative estimate of drug-likeness (QED) is 0.357. The Morgan fingerprint density at radius 3 is 2.31 bits per heavy atom. The minimum absolute atomic E-state index is 0. The SMILES string of the molecule is C[n+]1cccc(S(=O)(=O)Nc2ccc(Cl)cc2C(=O)Nc2ccc(Cl)cc2)c1.[I-]. The summed E-state index contributed by atoms with van der Waals surface area (Å²) in [4.78, 5) is 12.8. The molecule has 10 heteroatoms. The summed E-state index contributed by atoms with van der Waals surface area (Å²) in [5, 5.41) is 3.53. The van der Waals surface area contributed by atoms with E-state index in [4.69, 9.17) is 23.2 Å². The van der Waals surface area contributed by atoms with Gasteiger partial charge >= 0.3 is 0 Å². The van der Waals surface area contributed by atoms with Crippen LogP contribution < -0.4 is 38.6 Å². The number of aromatic nitrogens is 1. The average molecular weight is 564 g/mol. The molecular formula is C19H16Cl2IN3O3S. The van der Waals surface area contributed by atoms with Crippen LogP contribution in [0.1, 0.15) is 10.4 Å². The van der Waals surface area contributed by atoms with E-state index in [0.29, 0.717) is 15.7 Å². The highest BCUT2D eigenvalue weighted by atomic mass is 127. The molecule has 6 nitrogen and oxygen atoms in total. The molecule has 0 bridgehead atoms. The van der Waals surface area contributed by atoms with Gasteiger partial charge in [0.05, 0.1) is 11.3 Å². The molecule has 1 aromatic heterocycles. The van der Waals surface area contributed by atoms with E-state index >= 15 is 0 Å². The molecule has 2 N–H and O–H groups in total. The first-order valence-corrected chi connectivity index (χ1v) is 10.3. The van der Waals surface area contributed by atoms with Crippen molar-refractivity contribution in [2.24, 2.45) is 7.05 Å². The van der Waals surface area contributed by atoms with Gasteiger partial charge in [-0.1, -0.05) is 23.2 Å². The monoisotopic (exact) mass is 563 g/mol. The van der Waals surface area contributed by atoms with Gasteiger partial charge in [0, 0.05) is 21.8 Å². The predicted octanol–water partition coefficient (Wildman–Crippen LogP) is 0.875. The molecule has 0 fully saturated rings. The van der Waals surface area contributed by atoms with Crippen LogP contribution in [0.2, 0.25) is 10.0 Å². The van der Waals surface area contributed by atoms with Crippen LogP contribution in [0.15, 0.2) is 71.9 Å². The Bertz CT molecular complexity index is 1140. The summed E-state index contributed by atoms with van der Waals surface area (Å²) in [5.41, 5.74) is 0.715. The van der Waals surface area contributed by atoms with Gasteiger partial charge in [0.1, 0.15) is 7.05 Å². The van der Waals surface area contributed by atoms with Gasteiger partial charge in [0.2, 0.25) is 0 Å². The van der Waals surface area contributed by atoms with Crippen LogP contribution in [-0.2, 0) is 17.1 Å². The van der Waals surface area contributed by atoms with Crippen molar-refractivity contribution in [3.8, 4) is 0 Å². The number of amides is 1. The second-order valence-electron chi connectivity index (χ2n) is 5.96. The molecule has 0 saturated heterocycles. The number of halogens is 3. The minimum Gasteiger partial charge on any atom is -1.00 e. The van der Waals surface area contributed by atoms with Crippen molar-refractivity contribution in [2.75, 3.05) is 10.0 Å². The number of carbonyl (C=O) groups is 1. The van der Waals surface area contributed by atoms with Crippen LogP contribution >= 0.6 is 23.2 Å². The molecule has 2 aromatic carbocycles. The van der Waals surface area contributed by atoms with E-state index in [2.05, 4.69) is 10.0 Å². The zero-order valence-electron chi connectivity index (χ0n) is 15.1. The number of rotatable bonds is 5. The van der Waals surface area contributed by atoms with E-state index in [0.717, 1.165) is 0 Å². The fourth-order valence-electron chi connectivity index (χ4n) is 2.45. The van der Waals surface area contributed by atoms with E-state index in [1.165, 1.54) is 30.5 Å². The van der Waals surface area contributed by atoms with E-state index in [-0.39, 0.29) is 40.1 Å². The van der Waals surface area contributed by atoms with Gasteiger partial charge in [-0.05, 0) is 48.5 Å². The third-order valence-electron chi connectivity index (χ3n) is 3.80. The fourth-order valence-corrected chi connectivity index (χ4v) is 3.89. The third-order valence-corrected chi connectivity index (χ3v) is 5.63. The number of nitrogens with one attached hydrogen (secondary N) is 2. The molecule has 0 radical (unpaired) electrons. The average Bonchev–Trinajstić information content (AvgIpc) is 2.65. The van der Waals surface area contributed by atoms with Gasteiger partial charge in [-0.15, -0.1) is 0 Å². The number of anilines is 2. The second kappa shape index (κ2) is 9.75. The first-order chi connectivity index (χ1) is 13.2. The molecule has 1 amide bonds. The molecule has 0 aliphatic heterocycles. The number of sulfonamides is 1. The molecule has 152 valence electrons. The van der Waals surface area contributed by atoms with Crippen LogP contribution in [0, 0.1) is 0 Å². The van der Waals surface area contributed by atoms with Crippen molar-refractivity contribution in [1.82, 2.24) is 0 Å². The van der Waals surface area contributed by atoms with Crippen molar-refractivity contribution in [2.45, 2.75) is 4.90 Å². The Morgan fingerprint density at radius 2 is 1.66 bits per heavy atom. The zero-order valence-corrected chi connectivity index (χ0v) is 19.6. The van der Waals surface area contributed by atoms with E-state index in [1.54, 1.807) is 48.1 Å². The highest BCUT2D eigenvalue weighted by molar-refractivity contribution is 7.92. The van der Waals surface area contributed by atoms with Gasteiger partial charge in [-0.25, -0.2) is 13.0 Å². The van der Waals surface area contributed by atoms with Gasteiger partial charge in [-0.2, -0.15) is 0 Å². The molecule has 3 aromatic rings. The summed E-state index contributed by atoms with van der Waals surface area (Å²) >= 11 is 11.9. The topological polar surface area (TPSA) is 79.2 Å². The molecule has 3 rings (SSSR count). The number of pyridine rings is 1.